The summed E-state index contributed by atoms with van der Waals surface area (Å²) in [5.74, 6) is 0.397. The van der Waals surface area contributed by atoms with Gasteiger partial charge in [-0.15, -0.1) is 35.3 Å². The molecule has 6 nitrogen and oxygen atoms in total. The van der Waals surface area contributed by atoms with Gasteiger partial charge < -0.3 is 20.4 Å². The van der Waals surface area contributed by atoms with Gasteiger partial charge in [0.1, 0.15) is 5.82 Å². The molecule has 2 N–H and O–H groups in total. The molecule has 1 saturated heterocycles. The minimum absolute atomic E-state index is 0. The molecule has 0 radical (unpaired) electrons. The van der Waals surface area contributed by atoms with Gasteiger partial charge in [0.2, 0.25) is 0 Å². The number of rotatable bonds is 6. The van der Waals surface area contributed by atoms with E-state index in [9.17, 15) is 4.39 Å². The third-order valence-electron chi connectivity index (χ3n) is 4.48. The largest absolute Gasteiger partial charge is 0.372 e. The quantitative estimate of drug-likeness (QED) is 0.284. The fraction of sp³-hybridized carbons (Fsp3) is 0.444. The zero-order valence-corrected chi connectivity index (χ0v) is 18.6. The van der Waals surface area contributed by atoms with Crippen molar-refractivity contribution in [3.63, 3.8) is 0 Å². The summed E-state index contributed by atoms with van der Waals surface area (Å²) in [5.41, 5.74) is 6.75. The Morgan fingerprint density at radius 3 is 2.70 bits per heavy atom. The molecule has 9 heteroatoms. The van der Waals surface area contributed by atoms with Gasteiger partial charge in [0, 0.05) is 57.9 Å². The fourth-order valence-electron chi connectivity index (χ4n) is 2.98. The number of hydrogen-bond donors (Lipinski definition) is 1. The molecule has 0 aliphatic carbocycles. The third-order valence-corrected chi connectivity index (χ3v) is 5.31. The highest BCUT2D eigenvalue weighted by Crippen LogP contribution is 2.19. The molecule has 0 saturated carbocycles. The number of para-hydroxylation sites is 1. The molecule has 1 aromatic carbocycles. The number of nitrogens with two attached hydrogens (primary N) is 1. The number of nitrogens with zero attached hydrogens (tertiary/aromatic N) is 5. The summed E-state index contributed by atoms with van der Waals surface area (Å²) in [5, 5.41) is 3.06. The van der Waals surface area contributed by atoms with Crippen molar-refractivity contribution in [2.45, 2.75) is 6.42 Å². The van der Waals surface area contributed by atoms with E-state index in [4.69, 9.17) is 5.73 Å². The van der Waals surface area contributed by atoms with E-state index in [0.717, 1.165) is 44.3 Å². The van der Waals surface area contributed by atoms with Gasteiger partial charge in [0.05, 0.1) is 5.69 Å². The lowest BCUT2D eigenvalue weighted by Crippen LogP contribution is -2.51. The summed E-state index contributed by atoms with van der Waals surface area (Å²) >= 11 is 1.66. The summed E-state index contributed by atoms with van der Waals surface area (Å²) in [7, 11) is 1.89. The third kappa shape index (κ3) is 5.93. The lowest BCUT2D eigenvalue weighted by atomic mass is 10.2. The second kappa shape index (κ2) is 10.6. The lowest BCUT2D eigenvalue weighted by molar-refractivity contribution is 0.380. The van der Waals surface area contributed by atoms with E-state index >= 15 is 0 Å². The van der Waals surface area contributed by atoms with Crippen LogP contribution in [0.2, 0.25) is 0 Å². The van der Waals surface area contributed by atoms with Gasteiger partial charge in [0.25, 0.3) is 0 Å². The summed E-state index contributed by atoms with van der Waals surface area (Å²) in [6.45, 7) is 4.88. The number of guanidine groups is 1. The number of anilines is 2. The Kier molecular flexibility index (Phi) is 8.55. The zero-order chi connectivity index (χ0) is 18.4. The molecule has 2 heterocycles. The van der Waals surface area contributed by atoms with Gasteiger partial charge in [-0.05, 0) is 18.6 Å². The molecular weight excluding hydrogens is 478 g/mol. The Hall–Kier alpha value is -1.62. The number of aromatic nitrogens is 1. The summed E-state index contributed by atoms with van der Waals surface area (Å²) < 4.78 is 13.8. The highest BCUT2D eigenvalue weighted by atomic mass is 127. The maximum Gasteiger partial charge on any atom is 0.191 e. The van der Waals surface area contributed by atoms with Gasteiger partial charge in [0.15, 0.2) is 11.1 Å². The lowest BCUT2D eigenvalue weighted by Gasteiger charge is -2.35. The predicted molar refractivity (Wildman–Crippen MR) is 122 cm³/mol. The molecule has 1 aromatic heterocycles. The van der Waals surface area contributed by atoms with Gasteiger partial charge in [-0.1, -0.05) is 12.1 Å². The second-order valence-electron chi connectivity index (χ2n) is 6.26. The van der Waals surface area contributed by atoms with Crippen molar-refractivity contribution < 1.29 is 4.39 Å². The first kappa shape index (κ1) is 21.7. The van der Waals surface area contributed by atoms with Crippen molar-refractivity contribution in [2.24, 2.45) is 10.7 Å². The number of aliphatic imine (C=N–C) groups is 1. The van der Waals surface area contributed by atoms with Crippen LogP contribution in [0.1, 0.15) is 6.42 Å². The van der Waals surface area contributed by atoms with Gasteiger partial charge >= 0.3 is 0 Å². The van der Waals surface area contributed by atoms with Crippen LogP contribution in [0.25, 0.3) is 0 Å². The van der Waals surface area contributed by atoms with Crippen LogP contribution in [-0.4, -0.2) is 62.2 Å². The van der Waals surface area contributed by atoms with Crippen LogP contribution >= 0.6 is 35.3 Å². The van der Waals surface area contributed by atoms with E-state index in [2.05, 4.69) is 19.8 Å². The Bertz CT molecular complexity index is 718. The Labute approximate surface area is 180 Å². The molecule has 0 atom stereocenters. The van der Waals surface area contributed by atoms with Crippen molar-refractivity contribution >= 4 is 52.1 Å². The molecule has 3 rings (SSSR count). The summed E-state index contributed by atoms with van der Waals surface area (Å²) in [6, 6.07) is 6.81. The standard InChI is InChI=1S/C18H25FN6S.HI/c1-23(16-6-3-2-5-15(16)19)9-4-7-21-17(20)24-10-12-25(13-11-24)18-22-8-14-26-18;/h2-3,5-6,8,14H,4,7,9-13H2,1H3,(H2,20,21);1H. The molecule has 1 aliphatic rings. The van der Waals surface area contributed by atoms with Crippen LogP contribution < -0.4 is 15.5 Å². The van der Waals surface area contributed by atoms with Gasteiger partial charge in [-0.2, -0.15) is 0 Å². The molecular formula is C18H26FIN6S. The smallest absolute Gasteiger partial charge is 0.191 e. The zero-order valence-electron chi connectivity index (χ0n) is 15.4. The highest BCUT2D eigenvalue weighted by molar-refractivity contribution is 14.0. The fourth-order valence-corrected chi connectivity index (χ4v) is 3.68. The average molecular weight is 504 g/mol. The van der Waals surface area contributed by atoms with Crippen LogP contribution in [0, 0.1) is 5.82 Å². The van der Waals surface area contributed by atoms with Crippen LogP contribution in [-0.2, 0) is 0 Å². The van der Waals surface area contributed by atoms with E-state index in [-0.39, 0.29) is 29.8 Å². The number of benzene rings is 1. The van der Waals surface area contributed by atoms with Crippen LogP contribution in [0.15, 0.2) is 40.8 Å². The summed E-state index contributed by atoms with van der Waals surface area (Å²) in [4.78, 5) is 15.1. The Morgan fingerprint density at radius 2 is 2.04 bits per heavy atom. The SMILES string of the molecule is CN(CCCN=C(N)N1CCN(c2nccs2)CC1)c1ccccc1F.I. The van der Waals surface area contributed by atoms with E-state index < -0.39 is 0 Å². The topological polar surface area (TPSA) is 61.0 Å². The molecule has 1 fully saturated rings. The summed E-state index contributed by atoms with van der Waals surface area (Å²) in [6.07, 6.45) is 2.66. The normalized spacial score (nSPS) is 14.8. The minimum atomic E-state index is -0.198. The second-order valence-corrected chi connectivity index (χ2v) is 7.13. The Balaban J connectivity index is 0.00000261. The van der Waals surface area contributed by atoms with Crippen molar-refractivity contribution in [3.8, 4) is 0 Å². The maximum atomic E-state index is 13.8. The van der Waals surface area contributed by atoms with Crippen molar-refractivity contribution in [3.05, 3.63) is 41.7 Å². The molecule has 148 valence electrons. The van der Waals surface area contributed by atoms with Crippen molar-refractivity contribution in [1.29, 1.82) is 0 Å². The first-order chi connectivity index (χ1) is 12.6. The molecule has 0 spiro atoms. The minimum Gasteiger partial charge on any atom is -0.372 e. The number of halogens is 2. The van der Waals surface area contributed by atoms with E-state index in [1.165, 1.54) is 6.07 Å². The van der Waals surface area contributed by atoms with Crippen LogP contribution in [0.4, 0.5) is 15.2 Å². The van der Waals surface area contributed by atoms with E-state index in [0.29, 0.717) is 18.2 Å². The average Bonchev–Trinajstić information content (AvgIpc) is 3.20. The van der Waals surface area contributed by atoms with Gasteiger partial charge in [-0.3, -0.25) is 4.99 Å². The van der Waals surface area contributed by atoms with Gasteiger partial charge in [-0.25, -0.2) is 9.37 Å². The Morgan fingerprint density at radius 1 is 1.30 bits per heavy atom. The molecule has 2 aromatic rings. The van der Waals surface area contributed by atoms with E-state index in [1.807, 2.05) is 29.6 Å². The molecule has 27 heavy (non-hydrogen) atoms. The monoisotopic (exact) mass is 504 g/mol. The number of piperazine rings is 1. The number of hydrogen-bond acceptors (Lipinski definition) is 5. The van der Waals surface area contributed by atoms with Crippen LogP contribution in [0.5, 0.6) is 0 Å². The van der Waals surface area contributed by atoms with Crippen molar-refractivity contribution in [2.75, 3.05) is 56.1 Å². The maximum absolute atomic E-state index is 13.8. The number of thiazole rings is 1. The molecule has 0 bridgehead atoms. The van der Waals surface area contributed by atoms with Crippen LogP contribution in [0.3, 0.4) is 0 Å². The first-order valence-corrected chi connectivity index (χ1v) is 9.68. The molecule has 1 aliphatic heterocycles. The van der Waals surface area contributed by atoms with E-state index in [1.54, 1.807) is 23.5 Å². The molecule has 0 amide bonds. The predicted octanol–water partition coefficient (Wildman–Crippen LogP) is 2.86. The highest BCUT2D eigenvalue weighted by Gasteiger charge is 2.19. The molecule has 0 unspecified atom stereocenters. The first-order valence-electron chi connectivity index (χ1n) is 8.80. The van der Waals surface area contributed by atoms with Crippen molar-refractivity contribution in [1.82, 2.24) is 9.88 Å².